The van der Waals surface area contributed by atoms with E-state index in [1.165, 1.54) is 6.42 Å². The summed E-state index contributed by atoms with van der Waals surface area (Å²) < 4.78 is 5.15. The highest BCUT2D eigenvalue weighted by Gasteiger charge is 2.43. The van der Waals surface area contributed by atoms with Crippen LogP contribution in [-0.4, -0.2) is 75.2 Å². The second-order valence-corrected chi connectivity index (χ2v) is 6.36. The summed E-state index contributed by atoms with van der Waals surface area (Å²) in [5.74, 6) is 0.533. The molecule has 2 aliphatic heterocycles. The number of amides is 1. The van der Waals surface area contributed by atoms with E-state index in [2.05, 4.69) is 24.3 Å². The number of nitrogens with one attached hydrogen (secondary N) is 1. The minimum Gasteiger partial charge on any atom is -0.383 e. The van der Waals surface area contributed by atoms with Gasteiger partial charge in [0.1, 0.15) is 0 Å². The highest BCUT2D eigenvalue weighted by Crippen LogP contribution is 2.34. The zero-order valence-corrected chi connectivity index (χ0v) is 13.1. The minimum atomic E-state index is 0.199. The predicted octanol–water partition coefficient (Wildman–Crippen LogP) is 0.554. The number of methoxy groups -OCH3 is 1. The summed E-state index contributed by atoms with van der Waals surface area (Å²) >= 11 is 0. The molecule has 2 fully saturated rings. The molecule has 1 N–H and O–H groups in total. The molecule has 2 aliphatic rings. The van der Waals surface area contributed by atoms with Gasteiger partial charge in [-0.25, -0.2) is 0 Å². The van der Waals surface area contributed by atoms with Crippen molar-refractivity contribution < 1.29 is 9.53 Å². The first-order chi connectivity index (χ1) is 9.61. The third-order valence-electron chi connectivity index (χ3n) is 4.53. The van der Waals surface area contributed by atoms with Crippen LogP contribution in [0, 0.1) is 5.92 Å². The van der Waals surface area contributed by atoms with Gasteiger partial charge in [-0.3, -0.25) is 4.79 Å². The van der Waals surface area contributed by atoms with E-state index in [9.17, 15) is 4.79 Å². The number of fused-ring (bicyclic) bond motifs is 2. The second-order valence-electron chi connectivity index (χ2n) is 6.36. The van der Waals surface area contributed by atoms with Crippen LogP contribution >= 0.6 is 0 Å². The van der Waals surface area contributed by atoms with Gasteiger partial charge in [0.15, 0.2) is 0 Å². The molecule has 20 heavy (non-hydrogen) atoms. The van der Waals surface area contributed by atoms with Gasteiger partial charge >= 0.3 is 0 Å². The zero-order valence-electron chi connectivity index (χ0n) is 13.1. The molecule has 5 heteroatoms. The van der Waals surface area contributed by atoms with Crippen molar-refractivity contribution in [3.8, 4) is 0 Å². The Labute approximate surface area is 122 Å². The predicted molar refractivity (Wildman–Crippen MR) is 79.7 cm³/mol. The number of nitrogens with zero attached hydrogens (tertiary/aromatic N) is 2. The van der Waals surface area contributed by atoms with Crippen molar-refractivity contribution in [3.05, 3.63) is 0 Å². The summed E-state index contributed by atoms with van der Waals surface area (Å²) in [5, 5.41) is 3.56. The number of carbonyl (C=O) groups excluding carboxylic acids is 1. The second kappa shape index (κ2) is 7.38. The minimum absolute atomic E-state index is 0.199. The first-order valence-electron chi connectivity index (χ1n) is 7.80. The Balaban J connectivity index is 1.86. The van der Waals surface area contributed by atoms with E-state index in [1.54, 1.807) is 7.11 Å². The molecule has 1 amide bonds. The molecule has 116 valence electrons. The third-order valence-corrected chi connectivity index (χ3v) is 4.53. The van der Waals surface area contributed by atoms with E-state index in [4.69, 9.17) is 4.74 Å². The molecule has 2 rings (SSSR count). The highest BCUT2D eigenvalue weighted by atomic mass is 16.5. The lowest BCUT2D eigenvalue weighted by Crippen LogP contribution is -2.43. The van der Waals surface area contributed by atoms with Crippen LogP contribution in [0.5, 0.6) is 0 Å². The van der Waals surface area contributed by atoms with Crippen molar-refractivity contribution in [2.75, 3.05) is 47.4 Å². The molecule has 0 aliphatic carbocycles. The number of ether oxygens (including phenoxy) is 1. The van der Waals surface area contributed by atoms with Crippen LogP contribution in [0.4, 0.5) is 0 Å². The molecule has 0 aromatic rings. The van der Waals surface area contributed by atoms with Crippen LogP contribution < -0.4 is 5.32 Å². The SMILES string of the molecule is COCCN(CCCN(C)C)C(=O)C1CC2CCC1N2. The zero-order chi connectivity index (χ0) is 14.5. The standard InChI is InChI=1S/C15H29N3O2/c1-17(2)7-4-8-18(9-10-20-3)15(19)13-11-12-5-6-14(13)16-12/h12-14,16H,4-11H2,1-3H3. The summed E-state index contributed by atoms with van der Waals surface area (Å²) in [6.45, 7) is 3.21. The van der Waals surface area contributed by atoms with Crippen molar-refractivity contribution in [3.63, 3.8) is 0 Å². The van der Waals surface area contributed by atoms with E-state index in [1.807, 2.05) is 4.90 Å². The molecule has 2 bridgehead atoms. The molecule has 0 spiro atoms. The van der Waals surface area contributed by atoms with Crippen LogP contribution in [0.15, 0.2) is 0 Å². The van der Waals surface area contributed by atoms with Gasteiger partial charge in [-0.05, 0) is 46.3 Å². The van der Waals surface area contributed by atoms with Gasteiger partial charge in [0.25, 0.3) is 0 Å². The molecule has 0 saturated carbocycles. The molecular weight excluding hydrogens is 254 g/mol. The van der Waals surface area contributed by atoms with Crippen molar-refractivity contribution >= 4 is 5.91 Å². The van der Waals surface area contributed by atoms with E-state index >= 15 is 0 Å². The van der Waals surface area contributed by atoms with E-state index in [0.29, 0.717) is 24.6 Å². The van der Waals surface area contributed by atoms with Gasteiger partial charge < -0.3 is 19.9 Å². The Morgan fingerprint density at radius 2 is 2.05 bits per heavy atom. The molecule has 3 unspecified atom stereocenters. The number of hydrogen-bond donors (Lipinski definition) is 1. The lowest BCUT2D eigenvalue weighted by atomic mass is 9.88. The maximum Gasteiger partial charge on any atom is 0.227 e. The van der Waals surface area contributed by atoms with Crippen molar-refractivity contribution in [2.45, 2.75) is 37.8 Å². The smallest absolute Gasteiger partial charge is 0.227 e. The lowest BCUT2D eigenvalue weighted by Gasteiger charge is -2.29. The number of carbonyl (C=O) groups is 1. The van der Waals surface area contributed by atoms with Crippen molar-refractivity contribution in [1.29, 1.82) is 0 Å². The fourth-order valence-corrected chi connectivity index (χ4v) is 3.44. The molecule has 0 radical (unpaired) electrons. The van der Waals surface area contributed by atoms with Gasteiger partial charge in [-0.15, -0.1) is 0 Å². The number of hydrogen-bond acceptors (Lipinski definition) is 4. The molecule has 5 nitrogen and oxygen atoms in total. The normalized spacial score (nSPS) is 28.3. The van der Waals surface area contributed by atoms with Crippen LogP contribution in [-0.2, 0) is 9.53 Å². The Morgan fingerprint density at radius 3 is 2.60 bits per heavy atom. The van der Waals surface area contributed by atoms with Gasteiger partial charge in [-0.2, -0.15) is 0 Å². The summed E-state index contributed by atoms with van der Waals surface area (Å²) in [6, 6.07) is 1.01. The third kappa shape index (κ3) is 3.93. The average Bonchev–Trinajstić information content (AvgIpc) is 3.04. The molecule has 2 saturated heterocycles. The first-order valence-corrected chi connectivity index (χ1v) is 7.80. The topological polar surface area (TPSA) is 44.8 Å². The quantitative estimate of drug-likeness (QED) is 0.707. The number of rotatable bonds is 8. The van der Waals surface area contributed by atoms with E-state index in [-0.39, 0.29) is 5.92 Å². The molecule has 0 aromatic carbocycles. The van der Waals surface area contributed by atoms with Gasteiger partial charge in [-0.1, -0.05) is 0 Å². The van der Waals surface area contributed by atoms with Crippen LogP contribution in [0.1, 0.15) is 25.7 Å². The Bertz CT molecular complexity index is 322. The summed E-state index contributed by atoms with van der Waals surface area (Å²) in [5.41, 5.74) is 0. The fourth-order valence-electron chi connectivity index (χ4n) is 3.44. The maximum absolute atomic E-state index is 12.7. The fraction of sp³-hybridized carbons (Fsp3) is 0.933. The Hall–Kier alpha value is -0.650. The molecule has 2 heterocycles. The summed E-state index contributed by atoms with van der Waals surface area (Å²) in [4.78, 5) is 16.9. The first kappa shape index (κ1) is 15.7. The van der Waals surface area contributed by atoms with Gasteiger partial charge in [0.2, 0.25) is 5.91 Å². The largest absolute Gasteiger partial charge is 0.383 e. The molecular formula is C15H29N3O2. The van der Waals surface area contributed by atoms with Crippen LogP contribution in [0.2, 0.25) is 0 Å². The van der Waals surface area contributed by atoms with Gasteiger partial charge in [0, 0.05) is 32.3 Å². The highest BCUT2D eigenvalue weighted by molar-refractivity contribution is 5.80. The maximum atomic E-state index is 12.7. The van der Waals surface area contributed by atoms with Crippen molar-refractivity contribution in [2.24, 2.45) is 5.92 Å². The van der Waals surface area contributed by atoms with Gasteiger partial charge in [0.05, 0.1) is 12.5 Å². The summed E-state index contributed by atoms with van der Waals surface area (Å²) in [7, 11) is 5.84. The molecule has 0 aromatic heterocycles. The van der Waals surface area contributed by atoms with Crippen molar-refractivity contribution in [1.82, 2.24) is 15.1 Å². The van der Waals surface area contributed by atoms with E-state index in [0.717, 1.165) is 38.9 Å². The van der Waals surface area contributed by atoms with Crippen LogP contribution in [0.25, 0.3) is 0 Å². The lowest BCUT2D eigenvalue weighted by molar-refractivity contribution is -0.136. The molecule has 3 atom stereocenters. The van der Waals surface area contributed by atoms with E-state index < -0.39 is 0 Å². The van der Waals surface area contributed by atoms with Crippen LogP contribution in [0.3, 0.4) is 0 Å². The monoisotopic (exact) mass is 283 g/mol. The Morgan fingerprint density at radius 1 is 1.25 bits per heavy atom. The Kier molecular flexibility index (Phi) is 5.81. The summed E-state index contributed by atoms with van der Waals surface area (Å²) in [6.07, 6.45) is 4.46. The average molecular weight is 283 g/mol.